The van der Waals surface area contributed by atoms with Crippen molar-refractivity contribution in [1.82, 2.24) is 0 Å². The van der Waals surface area contributed by atoms with Crippen LogP contribution in [0, 0.1) is 0 Å². The summed E-state index contributed by atoms with van der Waals surface area (Å²) in [4.78, 5) is 0. The highest BCUT2D eigenvalue weighted by Gasteiger charge is 2.44. The SMILES string of the molecule is C.CCCCCCCCC1(CCCCCCCC)c2cc(-c3ccc(Br)cc3)ccc2-c2ccc(-c3ccc(Br)cc3)cc21.CCCCCCCCC1(CCCCCCCC)c2cc(-c3ccc(Cc4ccccc4)cc3)ccc2-c2ccc(-c3ccc(Nc4ccccc4)cc3)cc21.Nc1ccccc1. The van der Waals surface area contributed by atoms with Gasteiger partial charge in [-0.3, -0.25) is 0 Å². The molecule has 3 N–H and O–H groups in total. The minimum atomic E-state index is 0. The van der Waals surface area contributed by atoms with E-state index >= 15 is 0 Å². The van der Waals surface area contributed by atoms with Gasteiger partial charge in [-0.1, -0.05) is 397 Å². The molecule has 0 unspecified atom stereocenters. The molecule has 0 aliphatic heterocycles. The average molecular weight is 1530 g/mol. The fourth-order valence-electron chi connectivity index (χ4n) is 16.7. The fraction of sp³-hybridized carbons (Fsp3) is 0.353. The molecule has 0 spiro atoms. The first kappa shape index (κ1) is 80.5. The predicted molar refractivity (Wildman–Crippen MR) is 471 cm³/mol. The van der Waals surface area contributed by atoms with Crippen LogP contribution in [0.25, 0.3) is 66.8 Å². The Hall–Kier alpha value is -8.02. The zero-order chi connectivity index (χ0) is 72.9. The molecule has 0 amide bonds. The number of unbranched alkanes of at least 4 members (excludes halogenated alkanes) is 20. The summed E-state index contributed by atoms with van der Waals surface area (Å²) in [5.41, 5.74) is 33.8. The van der Waals surface area contributed by atoms with E-state index in [1.165, 1.54) is 258 Å². The summed E-state index contributed by atoms with van der Waals surface area (Å²) in [5.74, 6) is 0. The van der Waals surface area contributed by atoms with Crippen LogP contribution in [0.5, 0.6) is 0 Å². The number of hydrogen-bond acceptors (Lipinski definition) is 2. The van der Waals surface area contributed by atoms with Crippen LogP contribution in [0.4, 0.5) is 17.1 Å². The minimum absolute atomic E-state index is 0. The minimum Gasteiger partial charge on any atom is -0.399 e. The van der Waals surface area contributed by atoms with Crippen LogP contribution >= 0.6 is 31.9 Å². The largest absolute Gasteiger partial charge is 0.399 e. The molecule has 2 aliphatic rings. The lowest BCUT2D eigenvalue weighted by Gasteiger charge is -2.33. The van der Waals surface area contributed by atoms with E-state index < -0.39 is 0 Å². The lowest BCUT2D eigenvalue weighted by molar-refractivity contribution is 0.398. The van der Waals surface area contributed by atoms with E-state index in [9.17, 15) is 0 Å². The molecule has 11 aromatic rings. The van der Waals surface area contributed by atoms with E-state index in [0.717, 1.165) is 32.4 Å². The van der Waals surface area contributed by atoms with Crippen LogP contribution in [0.2, 0.25) is 0 Å². The molecule has 2 aliphatic carbocycles. The van der Waals surface area contributed by atoms with Crippen LogP contribution in [0.15, 0.2) is 270 Å². The Bertz CT molecular complexity index is 4100. The summed E-state index contributed by atoms with van der Waals surface area (Å²) in [6.45, 7) is 9.27. The lowest BCUT2D eigenvalue weighted by atomic mass is 9.70. The van der Waals surface area contributed by atoms with Gasteiger partial charge in [0.2, 0.25) is 0 Å². The van der Waals surface area contributed by atoms with Gasteiger partial charge in [-0.15, -0.1) is 0 Å². The molecule has 552 valence electrons. The second-order valence-corrected chi connectivity index (χ2v) is 32.0. The lowest BCUT2D eigenvalue weighted by Crippen LogP contribution is -2.25. The van der Waals surface area contributed by atoms with Crippen LogP contribution < -0.4 is 11.1 Å². The second-order valence-electron chi connectivity index (χ2n) is 30.1. The van der Waals surface area contributed by atoms with Crippen molar-refractivity contribution < 1.29 is 0 Å². The molecule has 2 nitrogen and oxygen atoms in total. The number of nitrogen functional groups attached to an aromatic ring is 1. The molecule has 0 saturated carbocycles. The number of nitrogens with two attached hydrogens (primary N) is 1. The number of anilines is 3. The summed E-state index contributed by atoms with van der Waals surface area (Å²) in [6, 6.07) is 96.3. The van der Waals surface area contributed by atoms with Crippen molar-refractivity contribution in [3.8, 4) is 66.8 Å². The topological polar surface area (TPSA) is 38.0 Å². The average Bonchev–Trinajstić information content (AvgIpc) is 1.57. The van der Waals surface area contributed by atoms with Gasteiger partial charge in [0.15, 0.2) is 0 Å². The molecule has 0 atom stereocenters. The third kappa shape index (κ3) is 21.7. The Kier molecular flexibility index (Phi) is 31.8. The molecule has 11 aromatic carbocycles. The van der Waals surface area contributed by atoms with Crippen molar-refractivity contribution >= 4 is 48.9 Å². The number of fused-ring (bicyclic) bond motifs is 6. The van der Waals surface area contributed by atoms with Gasteiger partial charge in [0.1, 0.15) is 0 Å². The van der Waals surface area contributed by atoms with Gasteiger partial charge in [0.25, 0.3) is 0 Å². The Morgan fingerprint density at radius 3 is 0.830 bits per heavy atom. The summed E-state index contributed by atoms with van der Waals surface area (Å²) in [7, 11) is 0. The van der Waals surface area contributed by atoms with Gasteiger partial charge in [0, 0.05) is 36.8 Å². The predicted octanol–water partition coefficient (Wildman–Crippen LogP) is 32.3. The van der Waals surface area contributed by atoms with Gasteiger partial charge in [-0.25, -0.2) is 0 Å². The van der Waals surface area contributed by atoms with Crippen molar-refractivity contribution in [3.63, 3.8) is 0 Å². The van der Waals surface area contributed by atoms with Gasteiger partial charge < -0.3 is 11.1 Å². The van der Waals surface area contributed by atoms with Crippen molar-refractivity contribution in [2.45, 2.75) is 232 Å². The smallest absolute Gasteiger partial charge is 0.0384 e. The highest BCUT2D eigenvalue weighted by atomic mass is 79.9. The molecular formula is C102H120Br2N2. The maximum Gasteiger partial charge on any atom is 0.0384 e. The quantitative estimate of drug-likeness (QED) is 0.0303. The van der Waals surface area contributed by atoms with E-state index in [0.29, 0.717) is 0 Å². The second kappa shape index (κ2) is 41.9. The van der Waals surface area contributed by atoms with Crippen molar-refractivity contribution in [1.29, 1.82) is 0 Å². The first-order chi connectivity index (χ1) is 51.6. The highest BCUT2D eigenvalue weighted by molar-refractivity contribution is 9.10. The van der Waals surface area contributed by atoms with Crippen LogP contribution in [0.3, 0.4) is 0 Å². The molecule has 0 heterocycles. The Morgan fingerprint density at radius 1 is 0.264 bits per heavy atom. The highest BCUT2D eigenvalue weighted by Crippen LogP contribution is 2.58. The van der Waals surface area contributed by atoms with E-state index in [4.69, 9.17) is 5.73 Å². The maximum absolute atomic E-state index is 5.36. The number of nitrogens with one attached hydrogen (secondary N) is 1. The van der Waals surface area contributed by atoms with E-state index in [2.05, 4.69) is 295 Å². The first-order valence-corrected chi connectivity index (χ1v) is 42.2. The third-order valence-corrected chi connectivity index (χ3v) is 23.6. The van der Waals surface area contributed by atoms with Crippen molar-refractivity contribution in [3.05, 3.63) is 303 Å². The number of rotatable bonds is 36. The van der Waals surface area contributed by atoms with Gasteiger partial charge in [-0.05, 0) is 217 Å². The van der Waals surface area contributed by atoms with Crippen LogP contribution in [-0.4, -0.2) is 0 Å². The molecule has 0 bridgehead atoms. The third-order valence-electron chi connectivity index (χ3n) is 22.5. The zero-order valence-electron chi connectivity index (χ0n) is 63.7. The Balaban J connectivity index is 0.000000210. The van der Waals surface area contributed by atoms with E-state index in [1.807, 2.05) is 30.3 Å². The molecule has 0 saturated heterocycles. The summed E-state index contributed by atoms with van der Waals surface area (Å²) in [6.07, 6.45) is 37.8. The Morgan fingerprint density at radius 2 is 0.519 bits per heavy atom. The monoisotopic (exact) mass is 1530 g/mol. The number of halogens is 2. The van der Waals surface area contributed by atoms with Crippen molar-refractivity contribution in [2.24, 2.45) is 0 Å². The summed E-state index contributed by atoms with van der Waals surface area (Å²) in [5, 5.41) is 3.56. The standard InChI is InChI=1S/C54H61N.C41H48Br2.C6H7N.CH4/c1-3-5-7-9-11-19-37-54(38-20-12-10-8-6-4-2)52-40-46(44-27-25-43(26-28-44)39-42-21-15-13-16-22-42)31-35-50(52)51-36-32-47(41-53(51)54)45-29-33-49(34-30-45)55-48-23-17-14-18-24-48;1-3-5-7-9-11-13-27-41(28-14-12-10-8-6-4-2)39-29-33(31-15-21-35(42)22-16-31)19-25-37(39)38-26-20-34(30-40(38)41)32-17-23-36(43)24-18-32;7-6-4-2-1-3-5-6;/h13-18,21-36,40-41,55H,3-12,19-20,37-39H2,1-2H3;15-26,29-30H,3-14,27-28H2,1-2H3;1-5H,7H2;1H4. The van der Waals surface area contributed by atoms with Gasteiger partial charge in [0.05, 0.1) is 0 Å². The molecule has 0 fully saturated rings. The van der Waals surface area contributed by atoms with Gasteiger partial charge in [-0.2, -0.15) is 0 Å². The number of benzene rings is 11. The molecule has 0 aromatic heterocycles. The van der Waals surface area contributed by atoms with E-state index in [1.54, 1.807) is 22.3 Å². The maximum atomic E-state index is 5.36. The van der Waals surface area contributed by atoms with Gasteiger partial charge >= 0.3 is 0 Å². The Labute approximate surface area is 657 Å². The van der Waals surface area contributed by atoms with Crippen LogP contribution in [0.1, 0.15) is 248 Å². The molecule has 13 rings (SSSR count). The zero-order valence-corrected chi connectivity index (χ0v) is 66.8. The van der Waals surface area contributed by atoms with E-state index in [-0.39, 0.29) is 18.3 Å². The number of para-hydroxylation sites is 2. The van der Waals surface area contributed by atoms with Crippen LogP contribution in [-0.2, 0) is 17.3 Å². The summed E-state index contributed by atoms with van der Waals surface area (Å²) >= 11 is 7.27. The number of hydrogen-bond donors (Lipinski definition) is 2. The fourth-order valence-corrected chi connectivity index (χ4v) is 17.2. The molecule has 4 heteroatoms. The molecule has 0 radical (unpaired) electrons. The first-order valence-electron chi connectivity index (χ1n) is 40.6. The summed E-state index contributed by atoms with van der Waals surface area (Å²) < 4.78 is 2.26. The molecular weight excluding hydrogens is 1410 g/mol. The molecule has 106 heavy (non-hydrogen) atoms. The normalized spacial score (nSPS) is 12.5. The van der Waals surface area contributed by atoms with Crippen molar-refractivity contribution in [2.75, 3.05) is 11.1 Å².